The van der Waals surface area contributed by atoms with E-state index in [2.05, 4.69) is 5.32 Å². The van der Waals surface area contributed by atoms with E-state index in [0.29, 0.717) is 12.4 Å². The lowest BCUT2D eigenvalue weighted by Crippen LogP contribution is -2.39. The van der Waals surface area contributed by atoms with Crippen LogP contribution in [0.2, 0.25) is 0 Å². The molecule has 0 saturated carbocycles. The monoisotopic (exact) mass is 343 g/mol. The van der Waals surface area contributed by atoms with E-state index in [-0.39, 0.29) is 18.6 Å². The SMILES string of the molecule is COc1ccc(OCC(C)NC(=O)COc2ccc(C)c(C)c2)cc1. The number of hydrogen-bond donors (Lipinski definition) is 1. The van der Waals surface area contributed by atoms with Gasteiger partial charge in [0.25, 0.3) is 5.91 Å². The first-order chi connectivity index (χ1) is 12.0. The van der Waals surface area contributed by atoms with Crippen LogP contribution in [0, 0.1) is 13.8 Å². The third kappa shape index (κ3) is 6.03. The summed E-state index contributed by atoms with van der Waals surface area (Å²) >= 11 is 0. The highest BCUT2D eigenvalue weighted by atomic mass is 16.5. The molecule has 0 aliphatic rings. The molecule has 1 amide bonds. The van der Waals surface area contributed by atoms with E-state index in [1.807, 2.05) is 63.2 Å². The van der Waals surface area contributed by atoms with Crippen LogP contribution < -0.4 is 19.5 Å². The van der Waals surface area contributed by atoms with Gasteiger partial charge in [-0.2, -0.15) is 0 Å². The molecule has 0 heterocycles. The molecule has 0 bridgehead atoms. The first-order valence-corrected chi connectivity index (χ1v) is 8.24. The van der Waals surface area contributed by atoms with E-state index in [4.69, 9.17) is 14.2 Å². The summed E-state index contributed by atoms with van der Waals surface area (Å²) in [5.74, 6) is 2.02. The lowest BCUT2D eigenvalue weighted by atomic mass is 10.1. The van der Waals surface area contributed by atoms with Crippen molar-refractivity contribution in [3.05, 3.63) is 53.6 Å². The van der Waals surface area contributed by atoms with Gasteiger partial charge in [0.1, 0.15) is 23.9 Å². The number of rotatable bonds is 8. The molecule has 0 aliphatic heterocycles. The van der Waals surface area contributed by atoms with Gasteiger partial charge in [0, 0.05) is 0 Å². The molecule has 0 radical (unpaired) electrons. The van der Waals surface area contributed by atoms with Crippen molar-refractivity contribution in [1.29, 1.82) is 0 Å². The fourth-order valence-corrected chi connectivity index (χ4v) is 2.20. The Kier molecular flexibility index (Phi) is 6.69. The highest BCUT2D eigenvalue weighted by Gasteiger charge is 2.09. The second-order valence-electron chi connectivity index (χ2n) is 5.99. The van der Waals surface area contributed by atoms with Crippen LogP contribution in [0.25, 0.3) is 0 Å². The van der Waals surface area contributed by atoms with Crippen molar-refractivity contribution in [2.75, 3.05) is 20.3 Å². The Morgan fingerprint density at radius 2 is 1.60 bits per heavy atom. The van der Waals surface area contributed by atoms with Crippen molar-refractivity contribution in [1.82, 2.24) is 5.32 Å². The van der Waals surface area contributed by atoms with Gasteiger partial charge >= 0.3 is 0 Å². The van der Waals surface area contributed by atoms with Gasteiger partial charge in [-0.3, -0.25) is 4.79 Å². The zero-order chi connectivity index (χ0) is 18.2. The van der Waals surface area contributed by atoms with Crippen LogP contribution in [0.5, 0.6) is 17.2 Å². The molecule has 0 aromatic heterocycles. The molecule has 2 aromatic carbocycles. The second-order valence-corrected chi connectivity index (χ2v) is 5.99. The van der Waals surface area contributed by atoms with Gasteiger partial charge in [-0.05, 0) is 68.3 Å². The van der Waals surface area contributed by atoms with Gasteiger partial charge < -0.3 is 19.5 Å². The highest BCUT2D eigenvalue weighted by molar-refractivity contribution is 5.77. The predicted molar refractivity (Wildman–Crippen MR) is 97.5 cm³/mol. The summed E-state index contributed by atoms with van der Waals surface area (Å²) in [5.41, 5.74) is 2.33. The number of carbonyl (C=O) groups excluding carboxylic acids is 1. The Hall–Kier alpha value is -2.69. The summed E-state index contributed by atoms with van der Waals surface area (Å²) < 4.78 is 16.3. The fraction of sp³-hybridized carbons (Fsp3) is 0.350. The summed E-state index contributed by atoms with van der Waals surface area (Å²) in [6, 6.07) is 13.0. The van der Waals surface area contributed by atoms with Gasteiger partial charge in [-0.1, -0.05) is 6.07 Å². The molecule has 134 valence electrons. The van der Waals surface area contributed by atoms with Crippen molar-refractivity contribution in [2.24, 2.45) is 0 Å². The van der Waals surface area contributed by atoms with Gasteiger partial charge in [0.2, 0.25) is 0 Å². The lowest BCUT2D eigenvalue weighted by Gasteiger charge is -2.15. The van der Waals surface area contributed by atoms with Gasteiger partial charge in [0.05, 0.1) is 13.2 Å². The Morgan fingerprint density at radius 1 is 0.960 bits per heavy atom. The molecule has 0 aliphatic carbocycles. The number of nitrogens with one attached hydrogen (secondary N) is 1. The largest absolute Gasteiger partial charge is 0.497 e. The Balaban J connectivity index is 1.72. The van der Waals surface area contributed by atoms with Crippen LogP contribution in [0.3, 0.4) is 0 Å². The highest BCUT2D eigenvalue weighted by Crippen LogP contribution is 2.17. The molecule has 1 unspecified atom stereocenters. The molecule has 1 atom stereocenters. The van der Waals surface area contributed by atoms with Crippen LogP contribution in [0.4, 0.5) is 0 Å². The molecule has 0 fully saturated rings. The van der Waals surface area contributed by atoms with E-state index in [1.54, 1.807) is 7.11 Å². The quantitative estimate of drug-likeness (QED) is 0.799. The van der Waals surface area contributed by atoms with Crippen LogP contribution in [0.1, 0.15) is 18.1 Å². The molecule has 0 saturated heterocycles. The normalized spacial score (nSPS) is 11.5. The van der Waals surface area contributed by atoms with Gasteiger partial charge in [0.15, 0.2) is 6.61 Å². The van der Waals surface area contributed by atoms with Crippen LogP contribution >= 0.6 is 0 Å². The van der Waals surface area contributed by atoms with E-state index in [0.717, 1.165) is 17.1 Å². The third-order valence-corrected chi connectivity index (χ3v) is 3.82. The number of carbonyl (C=O) groups is 1. The minimum atomic E-state index is -0.177. The van der Waals surface area contributed by atoms with Gasteiger partial charge in [-0.25, -0.2) is 0 Å². The molecule has 0 spiro atoms. The van der Waals surface area contributed by atoms with Crippen molar-refractivity contribution in [3.8, 4) is 17.2 Å². The molecule has 1 N–H and O–H groups in total. The van der Waals surface area contributed by atoms with Crippen molar-refractivity contribution in [2.45, 2.75) is 26.8 Å². The Morgan fingerprint density at radius 3 is 2.24 bits per heavy atom. The summed E-state index contributed by atoms with van der Waals surface area (Å²) in [6.07, 6.45) is 0. The molecule has 5 nitrogen and oxygen atoms in total. The summed E-state index contributed by atoms with van der Waals surface area (Å²) in [4.78, 5) is 12.0. The zero-order valence-electron chi connectivity index (χ0n) is 15.2. The third-order valence-electron chi connectivity index (χ3n) is 3.82. The standard InChI is InChI=1S/C20H25NO4/c1-14-5-6-19(11-15(14)2)25-13-20(22)21-16(3)12-24-18-9-7-17(23-4)8-10-18/h5-11,16H,12-13H2,1-4H3,(H,21,22). The molecule has 5 heteroatoms. The van der Waals surface area contributed by atoms with Crippen molar-refractivity contribution < 1.29 is 19.0 Å². The average Bonchev–Trinajstić information content (AvgIpc) is 2.61. The van der Waals surface area contributed by atoms with E-state index in [1.165, 1.54) is 5.56 Å². The Bertz CT molecular complexity index is 697. The fourth-order valence-electron chi connectivity index (χ4n) is 2.20. The van der Waals surface area contributed by atoms with Crippen molar-refractivity contribution in [3.63, 3.8) is 0 Å². The maximum Gasteiger partial charge on any atom is 0.258 e. The number of hydrogen-bond acceptors (Lipinski definition) is 4. The van der Waals surface area contributed by atoms with E-state index < -0.39 is 0 Å². The number of amides is 1. The summed E-state index contributed by atoms with van der Waals surface area (Å²) in [6.45, 7) is 6.30. The zero-order valence-corrected chi connectivity index (χ0v) is 15.2. The molecular formula is C20H25NO4. The Labute approximate surface area is 148 Å². The first kappa shape index (κ1) is 18.6. The van der Waals surface area contributed by atoms with Crippen LogP contribution in [0.15, 0.2) is 42.5 Å². The second kappa shape index (κ2) is 8.97. The predicted octanol–water partition coefficient (Wildman–Crippen LogP) is 3.27. The smallest absolute Gasteiger partial charge is 0.258 e. The lowest BCUT2D eigenvalue weighted by molar-refractivity contribution is -0.123. The summed E-state index contributed by atoms with van der Waals surface area (Å²) in [5, 5.41) is 2.86. The first-order valence-electron chi connectivity index (χ1n) is 8.24. The summed E-state index contributed by atoms with van der Waals surface area (Å²) in [7, 11) is 1.62. The van der Waals surface area contributed by atoms with Crippen LogP contribution in [-0.2, 0) is 4.79 Å². The average molecular weight is 343 g/mol. The molecule has 2 aromatic rings. The number of methoxy groups -OCH3 is 1. The topological polar surface area (TPSA) is 56.8 Å². The van der Waals surface area contributed by atoms with E-state index >= 15 is 0 Å². The van der Waals surface area contributed by atoms with Crippen LogP contribution in [-0.4, -0.2) is 32.3 Å². The molecule has 2 rings (SSSR count). The number of ether oxygens (including phenoxy) is 3. The number of aryl methyl sites for hydroxylation is 2. The van der Waals surface area contributed by atoms with E-state index in [9.17, 15) is 4.79 Å². The molecule has 25 heavy (non-hydrogen) atoms. The maximum absolute atomic E-state index is 12.0. The number of benzene rings is 2. The van der Waals surface area contributed by atoms with Gasteiger partial charge in [-0.15, -0.1) is 0 Å². The maximum atomic E-state index is 12.0. The van der Waals surface area contributed by atoms with Crippen molar-refractivity contribution >= 4 is 5.91 Å². The minimum absolute atomic E-state index is 0.0185. The minimum Gasteiger partial charge on any atom is -0.497 e. The molecular weight excluding hydrogens is 318 g/mol.